The van der Waals surface area contributed by atoms with E-state index in [1.165, 1.54) is 0 Å². The first kappa shape index (κ1) is 15.0. The molecule has 0 aromatic heterocycles. The van der Waals surface area contributed by atoms with Crippen molar-refractivity contribution in [2.24, 2.45) is 0 Å². The number of nitrogens with one attached hydrogen (secondary N) is 1. The van der Waals surface area contributed by atoms with Crippen LogP contribution in [0.4, 0.5) is 0 Å². The summed E-state index contributed by atoms with van der Waals surface area (Å²) in [6.07, 6.45) is 0. The molecule has 1 N–H and O–H groups in total. The van der Waals surface area contributed by atoms with E-state index >= 15 is 0 Å². The maximum absolute atomic E-state index is 10.8. The smallest absolute Gasteiger partial charge is 0.234 e. The SMILES string of the molecule is O=C(CCl)NCCSCc1ccc(Cl)cc1Cl. The predicted octanol–water partition coefficient (Wildman–Crippen LogP) is 3.58. The van der Waals surface area contributed by atoms with E-state index in [-0.39, 0.29) is 11.8 Å². The Hall–Kier alpha value is -0.0900. The van der Waals surface area contributed by atoms with E-state index in [0.29, 0.717) is 16.6 Å². The van der Waals surface area contributed by atoms with Crippen molar-refractivity contribution in [3.8, 4) is 0 Å². The van der Waals surface area contributed by atoms with Gasteiger partial charge in [0.2, 0.25) is 5.91 Å². The lowest BCUT2D eigenvalue weighted by Gasteiger charge is -2.05. The zero-order chi connectivity index (χ0) is 12.7. The van der Waals surface area contributed by atoms with Gasteiger partial charge in [0, 0.05) is 28.1 Å². The van der Waals surface area contributed by atoms with Crippen molar-refractivity contribution in [1.82, 2.24) is 5.32 Å². The topological polar surface area (TPSA) is 29.1 Å². The molecule has 1 rings (SSSR count). The van der Waals surface area contributed by atoms with Gasteiger partial charge < -0.3 is 5.32 Å². The van der Waals surface area contributed by atoms with E-state index in [1.54, 1.807) is 17.8 Å². The molecule has 0 heterocycles. The quantitative estimate of drug-likeness (QED) is 0.642. The number of rotatable bonds is 6. The van der Waals surface area contributed by atoms with Gasteiger partial charge >= 0.3 is 0 Å². The van der Waals surface area contributed by atoms with Gasteiger partial charge in [-0.25, -0.2) is 0 Å². The van der Waals surface area contributed by atoms with Gasteiger partial charge in [-0.05, 0) is 17.7 Å². The number of benzene rings is 1. The molecule has 1 aromatic carbocycles. The van der Waals surface area contributed by atoms with Crippen LogP contribution in [0.3, 0.4) is 0 Å². The highest BCUT2D eigenvalue weighted by Crippen LogP contribution is 2.24. The van der Waals surface area contributed by atoms with Gasteiger partial charge in [-0.1, -0.05) is 29.3 Å². The lowest BCUT2D eigenvalue weighted by molar-refractivity contribution is -0.118. The fraction of sp³-hybridized carbons (Fsp3) is 0.364. The largest absolute Gasteiger partial charge is 0.354 e. The lowest BCUT2D eigenvalue weighted by atomic mass is 10.2. The van der Waals surface area contributed by atoms with Crippen LogP contribution < -0.4 is 5.32 Å². The molecular formula is C11H12Cl3NOS. The molecule has 94 valence electrons. The van der Waals surface area contributed by atoms with Crippen LogP contribution in [-0.2, 0) is 10.5 Å². The van der Waals surface area contributed by atoms with Crippen molar-refractivity contribution in [3.05, 3.63) is 33.8 Å². The van der Waals surface area contributed by atoms with Crippen LogP contribution >= 0.6 is 46.6 Å². The Morgan fingerprint density at radius 1 is 1.35 bits per heavy atom. The van der Waals surface area contributed by atoms with Gasteiger partial charge in [0.05, 0.1) is 0 Å². The molecule has 6 heteroatoms. The molecule has 2 nitrogen and oxygen atoms in total. The molecule has 1 amide bonds. The lowest BCUT2D eigenvalue weighted by Crippen LogP contribution is -2.26. The number of thioether (sulfide) groups is 1. The third-order valence-corrected chi connectivity index (χ3v) is 3.80. The molecule has 1 aromatic rings. The highest BCUT2D eigenvalue weighted by atomic mass is 35.5. The molecule has 0 unspecified atom stereocenters. The summed E-state index contributed by atoms with van der Waals surface area (Å²) in [5.41, 5.74) is 1.05. The molecule has 0 saturated heterocycles. The van der Waals surface area contributed by atoms with Gasteiger partial charge in [-0.2, -0.15) is 11.8 Å². The van der Waals surface area contributed by atoms with Crippen LogP contribution in [-0.4, -0.2) is 24.1 Å². The number of halogens is 3. The molecule has 0 atom stereocenters. The summed E-state index contributed by atoms with van der Waals surface area (Å²) >= 11 is 18.9. The van der Waals surface area contributed by atoms with E-state index in [2.05, 4.69) is 5.32 Å². The number of carbonyl (C=O) groups excluding carboxylic acids is 1. The molecule has 0 fully saturated rings. The summed E-state index contributed by atoms with van der Waals surface area (Å²) in [5, 5.41) is 4.01. The molecule has 17 heavy (non-hydrogen) atoms. The van der Waals surface area contributed by atoms with Crippen LogP contribution in [0.5, 0.6) is 0 Å². The molecule has 0 spiro atoms. The number of amides is 1. The van der Waals surface area contributed by atoms with Crippen molar-refractivity contribution in [3.63, 3.8) is 0 Å². The molecule has 0 bridgehead atoms. The standard InChI is InChI=1S/C11H12Cl3NOS/c12-6-11(16)15-3-4-17-7-8-1-2-9(13)5-10(8)14/h1-2,5H,3-4,6-7H2,(H,15,16). The number of hydrogen-bond acceptors (Lipinski definition) is 2. The van der Waals surface area contributed by atoms with Crippen LogP contribution in [0, 0.1) is 0 Å². The van der Waals surface area contributed by atoms with Crippen molar-refractivity contribution in [1.29, 1.82) is 0 Å². The first-order valence-electron chi connectivity index (χ1n) is 4.98. The van der Waals surface area contributed by atoms with Gasteiger partial charge in [0.1, 0.15) is 5.88 Å². The summed E-state index contributed by atoms with van der Waals surface area (Å²) in [4.78, 5) is 10.8. The van der Waals surface area contributed by atoms with Crippen LogP contribution in [0.25, 0.3) is 0 Å². The van der Waals surface area contributed by atoms with Crippen molar-refractivity contribution >= 4 is 52.5 Å². The average molecular weight is 313 g/mol. The minimum absolute atomic E-state index is 0.00762. The molecule has 0 aliphatic carbocycles. The summed E-state index contributed by atoms with van der Waals surface area (Å²) < 4.78 is 0. The number of hydrogen-bond donors (Lipinski definition) is 1. The minimum atomic E-state index is -0.142. The van der Waals surface area contributed by atoms with Crippen molar-refractivity contribution in [2.75, 3.05) is 18.2 Å². The molecule has 0 aliphatic heterocycles. The van der Waals surface area contributed by atoms with Crippen LogP contribution in [0.15, 0.2) is 18.2 Å². The van der Waals surface area contributed by atoms with Crippen molar-refractivity contribution < 1.29 is 4.79 Å². The zero-order valence-corrected chi connectivity index (χ0v) is 12.1. The normalized spacial score (nSPS) is 10.3. The van der Waals surface area contributed by atoms with Gasteiger partial charge in [0.15, 0.2) is 0 Å². The molecular weight excluding hydrogens is 301 g/mol. The fourth-order valence-corrected chi connectivity index (χ4v) is 2.64. The maximum Gasteiger partial charge on any atom is 0.234 e. The Morgan fingerprint density at radius 2 is 2.12 bits per heavy atom. The second-order valence-electron chi connectivity index (χ2n) is 3.27. The Morgan fingerprint density at radius 3 is 2.76 bits per heavy atom. The summed E-state index contributed by atoms with van der Waals surface area (Å²) in [5.74, 6) is 1.49. The minimum Gasteiger partial charge on any atom is -0.354 e. The van der Waals surface area contributed by atoms with E-state index in [0.717, 1.165) is 17.1 Å². The number of carbonyl (C=O) groups is 1. The van der Waals surface area contributed by atoms with Crippen molar-refractivity contribution in [2.45, 2.75) is 5.75 Å². The second kappa shape index (κ2) is 8.09. The Kier molecular flexibility index (Phi) is 7.12. The van der Waals surface area contributed by atoms with E-state index in [4.69, 9.17) is 34.8 Å². The van der Waals surface area contributed by atoms with E-state index < -0.39 is 0 Å². The average Bonchev–Trinajstić information content (AvgIpc) is 2.30. The predicted molar refractivity (Wildman–Crippen MR) is 76.4 cm³/mol. The third kappa shape index (κ3) is 5.87. The molecule has 0 saturated carbocycles. The second-order valence-corrected chi connectivity index (χ2v) is 5.49. The summed E-state index contributed by atoms with van der Waals surface area (Å²) in [7, 11) is 0. The zero-order valence-electron chi connectivity index (χ0n) is 9.01. The fourth-order valence-electron chi connectivity index (χ4n) is 1.13. The maximum atomic E-state index is 10.8. The highest BCUT2D eigenvalue weighted by molar-refractivity contribution is 7.98. The van der Waals surface area contributed by atoms with E-state index in [9.17, 15) is 4.79 Å². The first-order chi connectivity index (χ1) is 8.13. The van der Waals surface area contributed by atoms with Crippen LogP contribution in [0.2, 0.25) is 10.0 Å². The Bertz CT molecular complexity index is 387. The van der Waals surface area contributed by atoms with Crippen LogP contribution in [0.1, 0.15) is 5.56 Å². The van der Waals surface area contributed by atoms with Gasteiger partial charge in [0.25, 0.3) is 0 Å². The Balaban J connectivity index is 2.24. The summed E-state index contributed by atoms with van der Waals surface area (Å²) in [6.45, 7) is 0.613. The molecule has 0 aliphatic rings. The van der Waals surface area contributed by atoms with E-state index in [1.807, 2.05) is 12.1 Å². The monoisotopic (exact) mass is 311 g/mol. The summed E-state index contributed by atoms with van der Waals surface area (Å²) in [6, 6.07) is 5.46. The number of alkyl halides is 1. The highest BCUT2D eigenvalue weighted by Gasteiger charge is 2.02. The van der Waals surface area contributed by atoms with Gasteiger partial charge in [-0.3, -0.25) is 4.79 Å². The first-order valence-corrected chi connectivity index (χ1v) is 7.42. The molecule has 0 radical (unpaired) electrons. The Labute approximate surface area is 120 Å². The third-order valence-electron chi connectivity index (χ3n) is 1.96. The van der Waals surface area contributed by atoms with Gasteiger partial charge in [-0.15, -0.1) is 11.6 Å².